The van der Waals surface area contributed by atoms with E-state index in [1.807, 2.05) is 7.05 Å². The fourth-order valence-electron chi connectivity index (χ4n) is 2.34. The van der Waals surface area contributed by atoms with Crippen molar-refractivity contribution in [2.75, 3.05) is 13.6 Å². The molecule has 0 radical (unpaired) electrons. The molecule has 0 amide bonds. The molecule has 0 unspecified atom stereocenters. The summed E-state index contributed by atoms with van der Waals surface area (Å²) in [4.78, 5) is 0. The third kappa shape index (κ3) is 3.64. The number of aromatic nitrogens is 2. The maximum absolute atomic E-state index is 13.1. The third-order valence-electron chi connectivity index (χ3n) is 3.27. The van der Waals surface area contributed by atoms with Gasteiger partial charge in [0.25, 0.3) is 0 Å². The zero-order valence-electron chi connectivity index (χ0n) is 12.0. The maximum atomic E-state index is 13.1. The van der Waals surface area contributed by atoms with Gasteiger partial charge in [0.15, 0.2) is 0 Å². The van der Waals surface area contributed by atoms with E-state index in [0.717, 1.165) is 19.0 Å². The second-order valence-electron chi connectivity index (χ2n) is 4.91. The van der Waals surface area contributed by atoms with E-state index in [2.05, 4.69) is 10.4 Å². The average Bonchev–Trinajstić information content (AvgIpc) is 2.79. The lowest BCUT2D eigenvalue weighted by Gasteiger charge is -2.12. The molecule has 2 rings (SSSR count). The predicted octanol–water partition coefficient (Wildman–Crippen LogP) is 3.26. The Hall–Kier alpha value is -1.82. The second kappa shape index (κ2) is 6.30. The van der Waals surface area contributed by atoms with Crippen molar-refractivity contribution in [3.8, 4) is 11.1 Å². The SMILES string of the molecule is CNCCCc1nn(C)cc1-c1ccccc1C(F)(F)F. The number of hydrogen-bond donors (Lipinski definition) is 1. The van der Waals surface area contributed by atoms with Gasteiger partial charge in [0.1, 0.15) is 0 Å². The highest BCUT2D eigenvalue weighted by Gasteiger charge is 2.34. The fourth-order valence-corrected chi connectivity index (χ4v) is 2.34. The van der Waals surface area contributed by atoms with Gasteiger partial charge in [-0.2, -0.15) is 18.3 Å². The molecule has 1 aromatic heterocycles. The number of rotatable bonds is 5. The Balaban J connectivity index is 2.43. The van der Waals surface area contributed by atoms with Crippen molar-refractivity contribution in [1.82, 2.24) is 15.1 Å². The molecule has 3 nitrogen and oxygen atoms in total. The molecular weight excluding hydrogens is 279 g/mol. The van der Waals surface area contributed by atoms with Gasteiger partial charge in [-0.3, -0.25) is 4.68 Å². The largest absolute Gasteiger partial charge is 0.417 e. The van der Waals surface area contributed by atoms with E-state index in [1.54, 1.807) is 24.0 Å². The van der Waals surface area contributed by atoms with E-state index in [1.165, 1.54) is 12.1 Å². The molecule has 0 saturated carbocycles. The second-order valence-corrected chi connectivity index (χ2v) is 4.91. The average molecular weight is 297 g/mol. The summed E-state index contributed by atoms with van der Waals surface area (Å²) in [7, 11) is 3.57. The predicted molar refractivity (Wildman–Crippen MR) is 75.9 cm³/mol. The first kappa shape index (κ1) is 15.6. The molecule has 21 heavy (non-hydrogen) atoms. The van der Waals surface area contributed by atoms with Crippen molar-refractivity contribution < 1.29 is 13.2 Å². The van der Waals surface area contributed by atoms with E-state index in [9.17, 15) is 13.2 Å². The Bertz CT molecular complexity index is 602. The van der Waals surface area contributed by atoms with Crippen LogP contribution in [0.5, 0.6) is 0 Å². The summed E-state index contributed by atoms with van der Waals surface area (Å²) in [5, 5.41) is 7.33. The van der Waals surface area contributed by atoms with Crippen molar-refractivity contribution in [2.45, 2.75) is 19.0 Å². The van der Waals surface area contributed by atoms with Crippen LogP contribution in [-0.2, 0) is 19.6 Å². The van der Waals surface area contributed by atoms with E-state index >= 15 is 0 Å². The number of hydrogen-bond acceptors (Lipinski definition) is 2. The van der Waals surface area contributed by atoms with E-state index in [-0.39, 0.29) is 5.56 Å². The lowest BCUT2D eigenvalue weighted by atomic mass is 9.98. The molecule has 1 N–H and O–H groups in total. The molecule has 0 aliphatic heterocycles. The molecule has 0 fully saturated rings. The number of halogens is 3. The lowest BCUT2D eigenvalue weighted by molar-refractivity contribution is -0.137. The first-order chi connectivity index (χ1) is 9.93. The standard InChI is InChI=1S/C15H18F3N3/c1-19-9-5-8-14-12(10-21(2)20-14)11-6-3-4-7-13(11)15(16,17)18/h3-4,6-7,10,19H,5,8-9H2,1-2H3. The number of benzene rings is 1. The molecule has 0 saturated heterocycles. The molecule has 6 heteroatoms. The molecule has 0 atom stereocenters. The highest BCUT2D eigenvalue weighted by Crippen LogP contribution is 2.38. The number of alkyl halides is 3. The summed E-state index contributed by atoms with van der Waals surface area (Å²) in [6, 6.07) is 5.64. The third-order valence-corrected chi connectivity index (χ3v) is 3.27. The normalized spacial score (nSPS) is 11.9. The van der Waals surface area contributed by atoms with Crippen molar-refractivity contribution in [3.63, 3.8) is 0 Å². The Labute approximate surface area is 121 Å². The van der Waals surface area contributed by atoms with Crippen LogP contribution in [0.4, 0.5) is 13.2 Å². The summed E-state index contributed by atoms with van der Waals surface area (Å²) in [6.45, 7) is 0.803. The molecule has 114 valence electrons. The number of aryl methyl sites for hydroxylation is 2. The molecule has 1 aromatic carbocycles. The van der Waals surface area contributed by atoms with Gasteiger partial charge in [0, 0.05) is 18.8 Å². The zero-order valence-corrected chi connectivity index (χ0v) is 12.0. The molecule has 0 aliphatic rings. The van der Waals surface area contributed by atoms with Crippen molar-refractivity contribution in [2.24, 2.45) is 7.05 Å². The van der Waals surface area contributed by atoms with E-state index < -0.39 is 11.7 Å². The summed E-state index contributed by atoms with van der Waals surface area (Å²) in [6.07, 6.45) is -1.24. The van der Waals surface area contributed by atoms with Crippen LogP contribution in [0.2, 0.25) is 0 Å². The lowest BCUT2D eigenvalue weighted by Crippen LogP contribution is -2.09. The van der Waals surface area contributed by atoms with Crippen LogP contribution >= 0.6 is 0 Å². The Morgan fingerprint density at radius 1 is 1.19 bits per heavy atom. The fraction of sp³-hybridized carbons (Fsp3) is 0.400. The van der Waals surface area contributed by atoms with Crippen LogP contribution in [0.3, 0.4) is 0 Å². The highest BCUT2D eigenvalue weighted by molar-refractivity contribution is 5.69. The van der Waals surface area contributed by atoms with Gasteiger partial charge in [-0.05, 0) is 38.1 Å². The minimum absolute atomic E-state index is 0.192. The van der Waals surface area contributed by atoms with E-state index in [4.69, 9.17) is 0 Å². The monoisotopic (exact) mass is 297 g/mol. The molecular formula is C15H18F3N3. The van der Waals surface area contributed by atoms with Crippen LogP contribution in [0.15, 0.2) is 30.5 Å². The van der Waals surface area contributed by atoms with Crippen molar-refractivity contribution in [3.05, 3.63) is 41.7 Å². The maximum Gasteiger partial charge on any atom is 0.417 e. The summed E-state index contributed by atoms with van der Waals surface area (Å²) < 4.78 is 41.0. The van der Waals surface area contributed by atoms with Crippen LogP contribution < -0.4 is 5.32 Å². The summed E-state index contributed by atoms with van der Waals surface area (Å²) in [5.74, 6) is 0. The van der Waals surface area contributed by atoms with Gasteiger partial charge < -0.3 is 5.32 Å². The van der Waals surface area contributed by atoms with Crippen LogP contribution in [0.1, 0.15) is 17.7 Å². The summed E-state index contributed by atoms with van der Waals surface area (Å²) >= 11 is 0. The van der Waals surface area contributed by atoms with Crippen LogP contribution in [0, 0.1) is 0 Å². The van der Waals surface area contributed by atoms with Crippen molar-refractivity contribution >= 4 is 0 Å². The first-order valence-corrected chi connectivity index (χ1v) is 6.77. The van der Waals surface area contributed by atoms with Gasteiger partial charge in [-0.25, -0.2) is 0 Å². The minimum atomic E-state index is -4.37. The minimum Gasteiger partial charge on any atom is -0.320 e. The molecule has 0 bridgehead atoms. The van der Waals surface area contributed by atoms with Gasteiger partial charge >= 0.3 is 6.18 Å². The summed E-state index contributed by atoms with van der Waals surface area (Å²) in [5.41, 5.74) is 0.830. The molecule has 1 heterocycles. The van der Waals surface area contributed by atoms with Gasteiger partial charge in [-0.1, -0.05) is 18.2 Å². The topological polar surface area (TPSA) is 29.9 Å². The van der Waals surface area contributed by atoms with E-state index in [0.29, 0.717) is 17.7 Å². The Morgan fingerprint density at radius 2 is 1.90 bits per heavy atom. The van der Waals surface area contributed by atoms with Gasteiger partial charge in [0.2, 0.25) is 0 Å². The first-order valence-electron chi connectivity index (χ1n) is 6.77. The molecule has 0 aliphatic carbocycles. The number of nitrogens with zero attached hydrogens (tertiary/aromatic N) is 2. The molecule has 2 aromatic rings. The van der Waals surface area contributed by atoms with Gasteiger partial charge in [0.05, 0.1) is 11.3 Å². The molecule has 0 spiro atoms. The zero-order chi connectivity index (χ0) is 15.5. The Kier molecular flexibility index (Phi) is 4.67. The van der Waals surface area contributed by atoms with Crippen LogP contribution in [0.25, 0.3) is 11.1 Å². The Morgan fingerprint density at radius 3 is 2.57 bits per heavy atom. The quantitative estimate of drug-likeness (QED) is 0.859. The number of nitrogens with one attached hydrogen (secondary N) is 1. The van der Waals surface area contributed by atoms with Gasteiger partial charge in [-0.15, -0.1) is 0 Å². The highest BCUT2D eigenvalue weighted by atomic mass is 19.4. The van der Waals surface area contributed by atoms with Crippen molar-refractivity contribution in [1.29, 1.82) is 0 Å². The smallest absolute Gasteiger partial charge is 0.320 e. The van der Waals surface area contributed by atoms with Crippen LogP contribution in [-0.4, -0.2) is 23.4 Å².